The first-order valence-electron chi connectivity index (χ1n) is 14.1. The Balaban J connectivity index is 1.33. The highest BCUT2D eigenvalue weighted by atomic mass is 35.6. The molecule has 2 aliphatic heterocycles. The van der Waals surface area contributed by atoms with Crippen LogP contribution in [-0.4, -0.2) is 58.7 Å². The van der Waals surface area contributed by atoms with Crippen molar-refractivity contribution >= 4 is 40.7 Å². The second-order valence-corrected chi connectivity index (χ2v) is 13.0. The summed E-state index contributed by atoms with van der Waals surface area (Å²) in [7, 11) is 0. The Bertz CT molecular complexity index is 1330. The second-order valence-electron chi connectivity index (χ2n) is 10.7. The predicted octanol–water partition coefficient (Wildman–Crippen LogP) is 5.96. The van der Waals surface area contributed by atoms with Gasteiger partial charge in [0.25, 0.3) is 9.70 Å². The Labute approximate surface area is 261 Å². The van der Waals surface area contributed by atoms with E-state index in [2.05, 4.69) is 17.1 Å². The number of hydrogen-bond acceptors (Lipinski definition) is 6. The lowest BCUT2D eigenvalue weighted by Gasteiger charge is -2.43. The van der Waals surface area contributed by atoms with E-state index in [9.17, 15) is 9.90 Å². The van der Waals surface area contributed by atoms with Crippen molar-refractivity contribution in [2.75, 3.05) is 32.8 Å². The highest BCUT2D eigenvalue weighted by molar-refractivity contribution is 6.76. The lowest BCUT2D eigenvalue weighted by molar-refractivity contribution is -0.277. The molecule has 3 aromatic carbocycles. The van der Waals surface area contributed by atoms with Crippen molar-refractivity contribution in [2.45, 2.75) is 42.4 Å². The maximum absolute atomic E-state index is 11.9. The van der Waals surface area contributed by atoms with Crippen LogP contribution in [0.4, 0.5) is 0 Å². The summed E-state index contributed by atoms with van der Waals surface area (Å²) in [5, 5.41) is 12.1. The standard InChI is InChI=1S/C32H35Cl3N2O5/c1-21-28(19-37-13-15-40-16-14-37)41-30(42-29(21)25-7-5-22(20-38)6-8-25)26-11-9-24(10-12-26)27-4-2-3-23(17-27)18-36-31(39)32(33,34)35/h2-12,17,21,28-30,38H,13-16,18-20H2,1H3,(H,36,39). The first-order chi connectivity index (χ1) is 20.2. The van der Waals surface area contributed by atoms with Crippen molar-refractivity contribution < 1.29 is 24.1 Å². The topological polar surface area (TPSA) is 80.3 Å². The number of rotatable bonds is 8. The number of halogens is 3. The second kappa shape index (κ2) is 14.1. The van der Waals surface area contributed by atoms with Gasteiger partial charge in [-0.05, 0) is 33.9 Å². The fraction of sp³-hybridized carbons (Fsp3) is 0.406. The van der Waals surface area contributed by atoms with Crippen molar-refractivity contribution in [1.82, 2.24) is 10.2 Å². The summed E-state index contributed by atoms with van der Waals surface area (Å²) >= 11 is 17.0. The zero-order chi connectivity index (χ0) is 29.7. The molecule has 42 heavy (non-hydrogen) atoms. The molecule has 0 radical (unpaired) electrons. The normalized spacial score (nSPS) is 23.5. The number of amides is 1. The molecule has 2 aliphatic rings. The van der Waals surface area contributed by atoms with Crippen molar-refractivity contribution in [1.29, 1.82) is 0 Å². The summed E-state index contributed by atoms with van der Waals surface area (Å²) in [5.74, 6) is -0.549. The number of hydrogen-bond donors (Lipinski definition) is 2. The maximum atomic E-state index is 11.9. The van der Waals surface area contributed by atoms with Crippen molar-refractivity contribution in [2.24, 2.45) is 5.92 Å². The van der Waals surface area contributed by atoms with Gasteiger partial charge in [0, 0.05) is 37.7 Å². The summed E-state index contributed by atoms with van der Waals surface area (Å²) in [6.45, 7) is 6.46. The minimum Gasteiger partial charge on any atom is -0.392 e. The average molecular weight is 634 g/mol. The predicted molar refractivity (Wildman–Crippen MR) is 164 cm³/mol. The van der Waals surface area contributed by atoms with Crippen molar-refractivity contribution in [3.63, 3.8) is 0 Å². The monoisotopic (exact) mass is 632 g/mol. The third-order valence-electron chi connectivity index (χ3n) is 7.82. The van der Waals surface area contributed by atoms with Gasteiger partial charge >= 0.3 is 0 Å². The van der Waals surface area contributed by atoms with E-state index >= 15 is 0 Å². The fourth-order valence-corrected chi connectivity index (χ4v) is 5.54. The number of benzene rings is 3. The van der Waals surface area contributed by atoms with Crippen LogP contribution in [0.3, 0.4) is 0 Å². The van der Waals surface area contributed by atoms with Gasteiger partial charge in [-0.15, -0.1) is 0 Å². The van der Waals surface area contributed by atoms with Crippen LogP contribution in [0.1, 0.15) is 41.6 Å². The van der Waals surface area contributed by atoms with Gasteiger partial charge in [0.1, 0.15) is 0 Å². The summed E-state index contributed by atoms with van der Waals surface area (Å²) in [4.78, 5) is 14.3. The van der Waals surface area contributed by atoms with E-state index in [4.69, 9.17) is 49.0 Å². The first kappa shape index (κ1) is 31.2. The average Bonchev–Trinajstić information content (AvgIpc) is 3.01. The molecular weight excluding hydrogens is 599 g/mol. The highest BCUT2D eigenvalue weighted by Crippen LogP contribution is 2.42. The Morgan fingerprint density at radius 2 is 1.62 bits per heavy atom. The van der Waals surface area contributed by atoms with Gasteiger partial charge in [0.05, 0.1) is 32.0 Å². The van der Waals surface area contributed by atoms with Crippen LogP contribution >= 0.6 is 34.8 Å². The van der Waals surface area contributed by atoms with Crippen LogP contribution in [0.15, 0.2) is 72.8 Å². The van der Waals surface area contributed by atoms with Gasteiger partial charge in [0.15, 0.2) is 6.29 Å². The van der Waals surface area contributed by atoms with Crippen LogP contribution in [0, 0.1) is 5.92 Å². The van der Waals surface area contributed by atoms with Crippen molar-refractivity contribution in [3.8, 4) is 11.1 Å². The third-order valence-corrected chi connectivity index (χ3v) is 8.33. The summed E-state index contributed by atoms with van der Waals surface area (Å²) in [6.07, 6.45) is -0.738. The Morgan fingerprint density at radius 3 is 2.29 bits per heavy atom. The quantitative estimate of drug-likeness (QED) is 0.298. The molecule has 2 N–H and O–H groups in total. The van der Waals surface area contributed by atoms with Gasteiger partial charge in [-0.2, -0.15) is 0 Å². The molecule has 3 aromatic rings. The van der Waals surface area contributed by atoms with Gasteiger partial charge in [-0.1, -0.05) is 108 Å². The number of aliphatic hydroxyl groups is 1. The molecular formula is C32H35Cl3N2O5. The largest absolute Gasteiger partial charge is 0.392 e. The van der Waals surface area contributed by atoms with E-state index in [1.165, 1.54) is 0 Å². The molecule has 4 atom stereocenters. The Hall–Kier alpha value is -2.20. The molecule has 0 spiro atoms. The molecule has 0 aromatic heterocycles. The molecule has 10 heteroatoms. The molecule has 5 rings (SSSR count). The Morgan fingerprint density at radius 1 is 0.929 bits per heavy atom. The lowest BCUT2D eigenvalue weighted by atomic mass is 9.90. The fourth-order valence-electron chi connectivity index (χ4n) is 5.34. The summed E-state index contributed by atoms with van der Waals surface area (Å²) in [5.41, 5.74) is 5.75. The zero-order valence-corrected chi connectivity index (χ0v) is 25.6. The lowest BCUT2D eigenvalue weighted by Crippen LogP contribution is -2.47. The van der Waals surface area contributed by atoms with Gasteiger partial charge in [0.2, 0.25) is 0 Å². The molecule has 4 unspecified atom stereocenters. The molecule has 2 fully saturated rings. The first-order valence-corrected chi connectivity index (χ1v) is 15.2. The smallest absolute Gasteiger partial charge is 0.272 e. The number of nitrogens with one attached hydrogen (secondary N) is 1. The molecule has 2 heterocycles. The number of nitrogens with zero attached hydrogens (tertiary/aromatic N) is 1. The third kappa shape index (κ3) is 7.84. The van der Waals surface area contributed by atoms with Crippen LogP contribution in [0.2, 0.25) is 0 Å². The van der Waals surface area contributed by atoms with E-state index in [0.717, 1.165) is 66.2 Å². The molecule has 7 nitrogen and oxygen atoms in total. The highest BCUT2D eigenvalue weighted by Gasteiger charge is 2.39. The number of aliphatic hydroxyl groups excluding tert-OH is 1. The minimum absolute atomic E-state index is 0.00556. The van der Waals surface area contributed by atoms with E-state index in [0.29, 0.717) is 0 Å². The van der Waals surface area contributed by atoms with Gasteiger partial charge in [-0.25, -0.2) is 0 Å². The molecule has 2 saturated heterocycles. The summed E-state index contributed by atoms with van der Waals surface area (Å²) in [6, 6.07) is 23.9. The van der Waals surface area contributed by atoms with Crippen LogP contribution in [0.5, 0.6) is 0 Å². The van der Waals surface area contributed by atoms with Gasteiger partial charge in [-0.3, -0.25) is 9.69 Å². The molecule has 0 bridgehead atoms. The molecule has 0 aliphatic carbocycles. The molecule has 0 saturated carbocycles. The SMILES string of the molecule is CC1C(CN2CCOCC2)OC(c2ccc(-c3cccc(CNC(=O)C(Cl)(Cl)Cl)c3)cc2)OC1c1ccc(CO)cc1. The number of carbonyl (C=O) groups is 1. The molecule has 224 valence electrons. The maximum Gasteiger partial charge on any atom is 0.272 e. The van der Waals surface area contributed by atoms with E-state index < -0.39 is 16.0 Å². The van der Waals surface area contributed by atoms with Crippen molar-refractivity contribution in [3.05, 3.63) is 95.1 Å². The number of carbonyl (C=O) groups excluding carboxylic acids is 1. The Kier molecular flexibility index (Phi) is 10.5. The summed E-state index contributed by atoms with van der Waals surface area (Å²) < 4.78 is 16.8. The number of morpholine rings is 1. The van der Waals surface area contributed by atoms with Gasteiger partial charge < -0.3 is 24.6 Å². The number of alkyl halides is 3. The minimum atomic E-state index is -2.00. The van der Waals surface area contributed by atoms with E-state index in [-0.39, 0.29) is 31.3 Å². The van der Waals surface area contributed by atoms with Crippen LogP contribution in [0.25, 0.3) is 11.1 Å². The molecule has 1 amide bonds. The van der Waals surface area contributed by atoms with E-state index in [1.54, 1.807) is 0 Å². The van der Waals surface area contributed by atoms with Crippen LogP contribution in [-0.2, 0) is 32.2 Å². The van der Waals surface area contributed by atoms with E-state index in [1.807, 2.05) is 72.8 Å². The van der Waals surface area contributed by atoms with Crippen LogP contribution < -0.4 is 5.32 Å². The number of ether oxygens (including phenoxy) is 3. The zero-order valence-electron chi connectivity index (χ0n) is 23.3.